The lowest BCUT2D eigenvalue weighted by Gasteiger charge is -2.29. The van der Waals surface area contributed by atoms with Crippen LogP contribution in [0.1, 0.15) is 57.1 Å². The SMILES string of the molecule is CCCCCCC(C)N(C(=O)Cc1ccc(C)c(N=S(=O)=O)c1)C(=S)NC. The van der Waals surface area contributed by atoms with Crippen molar-refractivity contribution in [1.82, 2.24) is 10.2 Å². The molecular formula is C19H29N3O3S2. The van der Waals surface area contributed by atoms with E-state index in [0.717, 1.165) is 24.8 Å². The van der Waals surface area contributed by atoms with Crippen LogP contribution in [0.2, 0.25) is 0 Å². The second kappa shape index (κ2) is 11.8. The number of amides is 1. The summed E-state index contributed by atoms with van der Waals surface area (Å²) in [4.78, 5) is 14.5. The van der Waals surface area contributed by atoms with Crippen molar-refractivity contribution < 1.29 is 13.2 Å². The van der Waals surface area contributed by atoms with Gasteiger partial charge in [-0.1, -0.05) is 44.7 Å². The molecule has 0 aliphatic heterocycles. The molecular weight excluding hydrogens is 382 g/mol. The molecule has 0 aliphatic rings. The lowest BCUT2D eigenvalue weighted by atomic mass is 10.0. The molecule has 27 heavy (non-hydrogen) atoms. The van der Waals surface area contributed by atoms with Gasteiger partial charge in [0, 0.05) is 13.1 Å². The maximum atomic E-state index is 12.9. The molecule has 0 fully saturated rings. The maximum absolute atomic E-state index is 12.9. The molecule has 1 rings (SSSR count). The van der Waals surface area contributed by atoms with Crippen molar-refractivity contribution >= 4 is 39.4 Å². The first-order valence-electron chi connectivity index (χ1n) is 9.24. The molecule has 0 aliphatic carbocycles. The molecule has 0 radical (unpaired) electrons. The van der Waals surface area contributed by atoms with E-state index in [1.807, 2.05) is 13.0 Å². The van der Waals surface area contributed by atoms with Gasteiger partial charge in [-0.05, 0) is 49.7 Å². The van der Waals surface area contributed by atoms with Crippen LogP contribution < -0.4 is 5.32 Å². The van der Waals surface area contributed by atoms with Crippen molar-refractivity contribution in [2.45, 2.75) is 65.3 Å². The van der Waals surface area contributed by atoms with Gasteiger partial charge in [-0.2, -0.15) is 8.42 Å². The van der Waals surface area contributed by atoms with Crippen LogP contribution in [0.15, 0.2) is 22.6 Å². The van der Waals surface area contributed by atoms with Crippen molar-refractivity contribution in [2.24, 2.45) is 4.36 Å². The summed E-state index contributed by atoms with van der Waals surface area (Å²) in [5, 5.41) is 3.30. The van der Waals surface area contributed by atoms with E-state index < -0.39 is 10.5 Å². The van der Waals surface area contributed by atoms with E-state index in [1.54, 1.807) is 31.0 Å². The number of thiocarbonyl (C=S) groups is 1. The molecule has 1 aromatic carbocycles. The fraction of sp³-hybridized carbons (Fsp3) is 0.579. The van der Waals surface area contributed by atoms with Crippen LogP contribution >= 0.6 is 12.2 Å². The van der Waals surface area contributed by atoms with Gasteiger partial charge in [-0.25, -0.2) is 0 Å². The summed E-state index contributed by atoms with van der Waals surface area (Å²) in [5.74, 6) is -0.115. The number of hydrogen-bond acceptors (Lipinski definition) is 5. The first-order chi connectivity index (χ1) is 12.8. The average Bonchev–Trinajstić information content (AvgIpc) is 2.61. The summed E-state index contributed by atoms with van der Waals surface area (Å²) < 4.78 is 25.3. The van der Waals surface area contributed by atoms with Crippen molar-refractivity contribution in [3.63, 3.8) is 0 Å². The molecule has 0 aromatic heterocycles. The van der Waals surface area contributed by atoms with E-state index in [4.69, 9.17) is 12.2 Å². The average molecular weight is 412 g/mol. The van der Waals surface area contributed by atoms with Gasteiger partial charge in [0.1, 0.15) is 0 Å². The number of hydrogen-bond donors (Lipinski definition) is 1. The Labute approximate surface area is 169 Å². The number of nitrogens with zero attached hydrogens (tertiary/aromatic N) is 2. The smallest absolute Gasteiger partial charge is 0.316 e. The Morgan fingerprint density at radius 2 is 2.00 bits per heavy atom. The summed E-state index contributed by atoms with van der Waals surface area (Å²) in [6, 6.07) is 5.21. The van der Waals surface area contributed by atoms with Gasteiger partial charge < -0.3 is 5.32 Å². The van der Waals surface area contributed by atoms with Crippen molar-refractivity contribution in [1.29, 1.82) is 0 Å². The zero-order chi connectivity index (χ0) is 20.4. The molecule has 8 heteroatoms. The van der Waals surface area contributed by atoms with Crippen LogP contribution in [0.5, 0.6) is 0 Å². The summed E-state index contributed by atoms with van der Waals surface area (Å²) in [7, 11) is -0.822. The summed E-state index contributed by atoms with van der Waals surface area (Å²) in [5.41, 5.74) is 1.79. The van der Waals surface area contributed by atoms with Gasteiger partial charge in [-0.15, -0.1) is 4.36 Å². The molecule has 1 atom stereocenters. The third-order valence-electron chi connectivity index (χ3n) is 4.42. The number of carbonyl (C=O) groups is 1. The maximum Gasteiger partial charge on any atom is 0.316 e. The predicted molar refractivity (Wildman–Crippen MR) is 113 cm³/mol. The number of rotatable bonds is 9. The number of nitrogens with one attached hydrogen (secondary N) is 1. The Morgan fingerprint density at radius 1 is 1.30 bits per heavy atom. The predicted octanol–water partition coefficient (Wildman–Crippen LogP) is 3.92. The van der Waals surface area contributed by atoms with Crippen molar-refractivity contribution in [3.05, 3.63) is 29.3 Å². The van der Waals surface area contributed by atoms with Crippen LogP contribution in [0.25, 0.3) is 0 Å². The van der Waals surface area contributed by atoms with Gasteiger partial charge in [-0.3, -0.25) is 9.69 Å². The van der Waals surface area contributed by atoms with E-state index >= 15 is 0 Å². The van der Waals surface area contributed by atoms with Crippen LogP contribution in [0, 0.1) is 6.92 Å². The Morgan fingerprint density at radius 3 is 2.59 bits per heavy atom. The highest BCUT2D eigenvalue weighted by atomic mass is 32.2. The summed E-state index contributed by atoms with van der Waals surface area (Å²) in [6.45, 7) is 5.95. The van der Waals surface area contributed by atoms with Crippen LogP contribution in [-0.4, -0.2) is 37.4 Å². The third-order valence-corrected chi connectivity index (χ3v) is 5.17. The first-order valence-corrected chi connectivity index (χ1v) is 10.7. The number of unbranched alkanes of at least 4 members (excludes halogenated alkanes) is 3. The zero-order valence-corrected chi connectivity index (χ0v) is 18.1. The zero-order valence-electron chi connectivity index (χ0n) is 16.5. The van der Waals surface area contributed by atoms with Crippen molar-refractivity contribution in [3.8, 4) is 0 Å². The number of carbonyl (C=O) groups excluding carboxylic acids is 1. The van der Waals surface area contributed by atoms with Crippen LogP contribution in [-0.2, 0) is 21.7 Å². The molecule has 1 unspecified atom stereocenters. The fourth-order valence-electron chi connectivity index (χ4n) is 2.88. The van der Waals surface area contributed by atoms with E-state index in [1.165, 1.54) is 12.8 Å². The number of aryl methyl sites for hydroxylation is 1. The first kappa shape index (κ1) is 23.2. The number of benzene rings is 1. The largest absolute Gasteiger partial charge is 0.365 e. The quantitative estimate of drug-likeness (QED) is 0.492. The van der Waals surface area contributed by atoms with Gasteiger partial charge in [0.15, 0.2) is 5.11 Å². The lowest BCUT2D eigenvalue weighted by Crippen LogP contribution is -2.48. The van der Waals surface area contributed by atoms with Gasteiger partial charge >= 0.3 is 10.5 Å². The van der Waals surface area contributed by atoms with Gasteiger partial charge in [0.25, 0.3) is 0 Å². The van der Waals surface area contributed by atoms with E-state index in [0.29, 0.717) is 16.4 Å². The molecule has 1 aromatic rings. The van der Waals surface area contributed by atoms with Gasteiger partial charge in [0.05, 0.1) is 12.1 Å². The topological polar surface area (TPSA) is 78.8 Å². The monoisotopic (exact) mass is 411 g/mol. The fourth-order valence-corrected chi connectivity index (χ4v) is 3.52. The molecule has 1 N–H and O–H groups in total. The Bertz CT molecular complexity index is 783. The molecule has 0 saturated carbocycles. The Hall–Kier alpha value is -1.80. The standard InChI is InChI=1S/C19H29N3O3S2/c1-5-6-7-8-9-15(3)22(19(26)20-4)18(23)13-16-11-10-14(2)17(12-16)21-27(24)25/h10-12,15H,5-9,13H2,1-4H3,(H,20,26). The minimum atomic E-state index is -2.53. The molecule has 0 spiro atoms. The summed E-state index contributed by atoms with van der Waals surface area (Å²) >= 11 is 5.34. The van der Waals surface area contributed by atoms with Crippen LogP contribution in [0.3, 0.4) is 0 Å². The second-order valence-corrected chi connectivity index (χ2v) is 7.63. The Kier molecular flexibility index (Phi) is 10.2. The van der Waals surface area contributed by atoms with Gasteiger partial charge in [0.2, 0.25) is 5.91 Å². The Balaban J connectivity index is 2.93. The molecule has 150 valence electrons. The van der Waals surface area contributed by atoms with E-state index in [9.17, 15) is 13.2 Å². The minimum Gasteiger partial charge on any atom is -0.365 e. The minimum absolute atomic E-state index is 0.00180. The highest BCUT2D eigenvalue weighted by Crippen LogP contribution is 2.21. The highest BCUT2D eigenvalue weighted by molar-refractivity contribution is 7.80. The summed E-state index contributed by atoms with van der Waals surface area (Å²) in [6.07, 6.45) is 5.57. The highest BCUT2D eigenvalue weighted by Gasteiger charge is 2.23. The molecule has 0 saturated heterocycles. The lowest BCUT2D eigenvalue weighted by molar-refractivity contribution is -0.128. The van der Waals surface area contributed by atoms with E-state index in [2.05, 4.69) is 16.6 Å². The second-order valence-electron chi connectivity index (χ2n) is 6.62. The van der Waals surface area contributed by atoms with Crippen LogP contribution in [0.4, 0.5) is 5.69 Å². The van der Waals surface area contributed by atoms with Crippen molar-refractivity contribution in [2.75, 3.05) is 7.05 Å². The molecule has 0 bridgehead atoms. The van der Waals surface area contributed by atoms with E-state index in [-0.39, 0.29) is 18.4 Å². The molecule has 6 nitrogen and oxygen atoms in total. The molecule has 0 heterocycles. The molecule has 1 amide bonds. The third kappa shape index (κ3) is 7.76. The normalized spacial score (nSPS) is 11.6.